The quantitative estimate of drug-likeness (QED) is 0.777. The number of hydrogen-bond donors (Lipinski definition) is 0. The maximum Gasteiger partial charge on any atom is 0.417 e. The first-order valence-electron chi connectivity index (χ1n) is 8.92. The van der Waals surface area contributed by atoms with Crippen LogP contribution in [-0.4, -0.2) is 41.4 Å². The summed E-state index contributed by atoms with van der Waals surface area (Å²) in [6, 6.07) is 2.50. The van der Waals surface area contributed by atoms with E-state index in [0.29, 0.717) is 37.1 Å². The lowest BCUT2D eigenvalue weighted by Crippen LogP contribution is -2.47. The zero-order chi connectivity index (χ0) is 19.6. The topological polar surface area (TPSA) is 45.2 Å². The molecular weight excluding hydrogens is 379 g/mol. The summed E-state index contributed by atoms with van der Waals surface area (Å²) >= 11 is 6.18. The molecule has 0 aromatic carbocycles. The van der Waals surface area contributed by atoms with Gasteiger partial charge in [-0.2, -0.15) is 13.2 Å². The van der Waals surface area contributed by atoms with E-state index in [2.05, 4.69) is 27.0 Å². The van der Waals surface area contributed by atoms with Crippen LogP contribution in [0.15, 0.2) is 18.3 Å². The highest BCUT2D eigenvalue weighted by Crippen LogP contribution is 2.30. The van der Waals surface area contributed by atoms with Crippen molar-refractivity contribution in [3.63, 3.8) is 0 Å². The van der Waals surface area contributed by atoms with Gasteiger partial charge in [-0.05, 0) is 30.5 Å². The summed E-state index contributed by atoms with van der Waals surface area (Å²) < 4.78 is 38.0. The SMILES string of the molecule is CCc1c(Cl)nnc(N2CCN(c3ccc(C(F)(F)F)cn3)CC2)c1CC. The van der Waals surface area contributed by atoms with Gasteiger partial charge in [0.05, 0.1) is 5.56 Å². The van der Waals surface area contributed by atoms with Gasteiger partial charge in [0.25, 0.3) is 0 Å². The normalized spacial score (nSPS) is 15.3. The first kappa shape index (κ1) is 19.7. The second kappa shape index (κ2) is 7.88. The minimum atomic E-state index is -4.37. The van der Waals surface area contributed by atoms with Gasteiger partial charge >= 0.3 is 6.18 Å². The largest absolute Gasteiger partial charge is 0.417 e. The first-order chi connectivity index (χ1) is 12.8. The fourth-order valence-corrected chi connectivity index (χ4v) is 3.63. The van der Waals surface area contributed by atoms with Crippen LogP contribution in [0.25, 0.3) is 0 Å². The second-order valence-corrected chi connectivity index (χ2v) is 6.71. The van der Waals surface area contributed by atoms with E-state index in [4.69, 9.17) is 11.6 Å². The van der Waals surface area contributed by atoms with E-state index in [1.165, 1.54) is 6.07 Å². The molecule has 3 rings (SSSR count). The molecule has 146 valence electrons. The van der Waals surface area contributed by atoms with Crippen LogP contribution in [0.1, 0.15) is 30.5 Å². The van der Waals surface area contributed by atoms with E-state index in [1.54, 1.807) is 0 Å². The Kier molecular flexibility index (Phi) is 5.74. The van der Waals surface area contributed by atoms with E-state index in [1.807, 2.05) is 11.8 Å². The molecule has 1 aliphatic rings. The summed E-state index contributed by atoms with van der Waals surface area (Å²) in [6.07, 6.45) is -1.88. The molecule has 2 aromatic rings. The molecule has 0 bridgehead atoms. The molecule has 0 spiro atoms. The van der Waals surface area contributed by atoms with Crippen LogP contribution in [0, 0.1) is 0 Å². The van der Waals surface area contributed by atoms with Crippen molar-refractivity contribution in [2.75, 3.05) is 36.0 Å². The van der Waals surface area contributed by atoms with E-state index in [9.17, 15) is 13.2 Å². The number of rotatable bonds is 4. The first-order valence-corrected chi connectivity index (χ1v) is 9.30. The van der Waals surface area contributed by atoms with E-state index >= 15 is 0 Å². The van der Waals surface area contributed by atoms with Gasteiger partial charge in [-0.25, -0.2) is 4.98 Å². The molecule has 2 aromatic heterocycles. The highest BCUT2D eigenvalue weighted by molar-refractivity contribution is 6.30. The van der Waals surface area contributed by atoms with Crippen molar-refractivity contribution in [3.8, 4) is 0 Å². The van der Waals surface area contributed by atoms with Crippen molar-refractivity contribution < 1.29 is 13.2 Å². The predicted molar refractivity (Wildman–Crippen MR) is 99.5 cm³/mol. The summed E-state index contributed by atoms with van der Waals surface area (Å²) in [7, 11) is 0. The van der Waals surface area contributed by atoms with Gasteiger partial charge in [-0.15, -0.1) is 10.2 Å². The fourth-order valence-electron chi connectivity index (χ4n) is 3.34. The molecule has 0 saturated carbocycles. The highest BCUT2D eigenvalue weighted by atomic mass is 35.5. The standard InChI is InChI=1S/C18H21ClF3N5/c1-3-13-14(4-2)17(25-24-16(13)19)27-9-7-26(8-10-27)15-6-5-12(11-23-15)18(20,21)22/h5-6,11H,3-4,7-10H2,1-2H3. The molecule has 0 atom stereocenters. The van der Waals surface area contributed by atoms with Crippen molar-refractivity contribution in [3.05, 3.63) is 40.2 Å². The minimum absolute atomic E-state index is 0.450. The number of pyridine rings is 1. The van der Waals surface area contributed by atoms with Gasteiger partial charge in [0, 0.05) is 37.9 Å². The average Bonchev–Trinajstić information content (AvgIpc) is 2.67. The van der Waals surface area contributed by atoms with Gasteiger partial charge in [-0.1, -0.05) is 25.4 Å². The van der Waals surface area contributed by atoms with Crippen molar-refractivity contribution in [2.45, 2.75) is 32.9 Å². The Labute approximate surface area is 161 Å². The monoisotopic (exact) mass is 399 g/mol. The van der Waals surface area contributed by atoms with Gasteiger partial charge in [0.1, 0.15) is 5.82 Å². The number of aromatic nitrogens is 3. The Balaban J connectivity index is 1.73. The minimum Gasteiger partial charge on any atom is -0.353 e. The summed E-state index contributed by atoms with van der Waals surface area (Å²) in [4.78, 5) is 8.11. The van der Waals surface area contributed by atoms with Crippen LogP contribution in [-0.2, 0) is 19.0 Å². The molecule has 9 heteroatoms. The Hall–Kier alpha value is -2.09. The predicted octanol–water partition coefficient (Wildman–Crippen LogP) is 4.00. The molecule has 0 N–H and O–H groups in total. The third-order valence-corrected chi connectivity index (χ3v) is 5.10. The molecule has 27 heavy (non-hydrogen) atoms. The maximum atomic E-state index is 12.7. The Bertz CT molecular complexity index is 787. The smallest absolute Gasteiger partial charge is 0.353 e. The van der Waals surface area contributed by atoms with Crippen molar-refractivity contribution in [2.24, 2.45) is 0 Å². The average molecular weight is 400 g/mol. The summed E-state index contributed by atoms with van der Waals surface area (Å²) in [6.45, 7) is 6.78. The van der Waals surface area contributed by atoms with Gasteiger partial charge < -0.3 is 9.80 Å². The van der Waals surface area contributed by atoms with Crippen LogP contribution < -0.4 is 9.80 Å². The lowest BCUT2D eigenvalue weighted by atomic mass is 10.1. The third kappa shape index (κ3) is 4.10. The Morgan fingerprint density at radius 3 is 2.11 bits per heavy atom. The van der Waals surface area contributed by atoms with Crippen molar-refractivity contribution in [1.29, 1.82) is 0 Å². The van der Waals surface area contributed by atoms with Crippen LogP contribution in [0.3, 0.4) is 0 Å². The number of piperazine rings is 1. The van der Waals surface area contributed by atoms with Crippen molar-refractivity contribution in [1.82, 2.24) is 15.2 Å². The summed E-state index contributed by atoms with van der Waals surface area (Å²) in [5.74, 6) is 1.40. The number of alkyl halides is 3. The molecule has 1 aliphatic heterocycles. The highest BCUT2D eigenvalue weighted by Gasteiger charge is 2.31. The molecule has 3 heterocycles. The van der Waals surface area contributed by atoms with Crippen molar-refractivity contribution >= 4 is 23.2 Å². The molecule has 0 amide bonds. The zero-order valence-electron chi connectivity index (χ0n) is 15.2. The van der Waals surface area contributed by atoms with E-state index in [0.717, 1.165) is 42.0 Å². The second-order valence-electron chi connectivity index (χ2n) is 6.36. The fraction of sp³-hybridized carbons (Fsp3) is 0.500. The Morgan fingerprint density at radius 2 is 1.59 bits per heavy atom. The molecule has 1 fully saturated rings. The van der Waals surface area contributed by atoms with Crippen LogP contribution in [0.5, 0.6) is 0 Å². The summed E-state index contributed by atoms with van der Waals surface area (Å²) in [5.41, 5.74) is 1.40. The molecule has 0 radical (unpaired) electrons. The lowest BCUT2D eigenvalue weighted by molar-refractivity contribution is -0.137. The number of nitrogens with zero attached hydrogens (tertiary/aromatic N) is 5. The van der Waals surface area contributed by atoms with E-state index in [-0.39, 0.29) is 0 Å². The molecular formula is C18H21ClF3N5. The zero-order valence-corrected chi connectivity index (χ0v) is 16.0. The van der Waals surface area contributed by atoms with Gasteiger partial charge in [0.15, 0.2) is 11.0 Å². The summed E-state index contributed by atoms with van der Waals surface area (Å²) in [5, 5.41) is 8.84. The number of hydrogen-bond acceptors (Lipinski definition) is 5. The molecule has 1 saturated heterocycles. The third-order valence-electron chi connectivity index (χ3n) is 4.80. The maximum absolute atomic E-state index is 12.7. The lowest BCUT2D eigenvalue weighted by Gasteiger charge is -2.36. The molecule has 0 unspecified atom stereocenters. The Morgan fingerprint density at radius 1 is 0.963 bits per heavy atom. The van der Waals surface area contributed by atoms with Crippen LogP contribution in [0.2, 0.25) is 5.15 Å². The number of halogens is 4. The number of anilines is 2. The molecule has 5 nitrogen and oxygen atoms in total. The van der Waals surface area contributed by atoms with Gasteiger partial charge in [0.2, 0.25) is 0 Å². The van der Waals surface area contributed by atoms with Crippen LogP contribution >= 0.6 is 11.6 Å². The van der Waals surface area contributed by atoms with Gasteiger partial charge in [-0.3, -0.25) is 0 Å². The van der Waals surface area contributed by atoms with E-state index < -0.39 is 11.7 Å². The van der Waals surface area contributed by atoms with Crippen LogP contribution in [0.4, 0.5) is 24.8 Å². The molecule has 0 aliphatic carbocycles.